The number of fused-ring (bicyclic) bond motifs is 2. The van der Waals surface area contributed by atoms with Crippen LogP contribution in [0, 0.1) is 0 Å². The third-order valence-corrected chi connectivity index (χ3v) is 5.87. The lowest BCUT2D eigenvalue weighted by atomic mass is 10.00. The molecule has 0 spiro atoms. The van der Waals surface area contributed by atoms with Crippen molar-refractivity contribution >= 4 is 16.7 Å². The number of likely N-dealkylation sites (N-methyl/N-ethyl adjacent to an activating group) is 1. The van der Waals surface area contributed by atoms with Gasteiger partial charge in [0.15, 0.2) is 0 Å². The average molecular weight is 434 g/mol. The molecule has 3 aromatic rings. The van der Waals surface area contributed by atoms with Crippen molar-refractivity contribution in [3.05, 3.63) is 77.4 Å². The number of carbonyl (C=O) groups is 1. The number of hydrogen-bond acceptors (Lipinski definition) is 5. The number of ether oxygens (including phenoxy) is 1. The van der Waals surface area contributed by atoms with E-state index in [0.717, 1.165) is 42.6 Å². The van der Waals surface area contributed by atoms with Gasteiger partial charge < -0.3 is 20.5 Å². The van der Waals surface area contributed by atoms with Gasteiger partial charge in [-0.3, -0.25) is 9.69 Å². The van der Waals surface area contributed by atoms with Crippen molar-refractivity contribution in [2.45, 2.75) is 19.1 Å². The summed E-state index contributed by atoms with van der Waals surface area (Å²) in [5.41, 5.74) is 3.29. The van der Waals surface area contributed by atoms with E-state index in [2.05, 4.69) is 39.8 Å². The van der Waals surface area contributed by atoms with Crippen LogP contribution in [-0.2, 0) is 13.0 Å². The monoisotopic (exact) mass is 433 g/mol. The maximum absolute atomic E-state index is 12.6. The van der Waals surface area contributed by atoms with Crippen molar-refractivity contribution in [3.63, 3.8) is 0 Å². The van der Waals surface area contributed by atoms with Gasteiger partial charge in [0.05, 0.1) is 6.10 Å². The Morgan fingerprint density at radius 3 is 2.72 bits per heavy atom. The zero-order chi connectivity index (χ0) is 22.3. The molecule has 4 rings (SSSR count). The lowest BCUT2D eigenvalue weighted by molar-refractivity contribution is 0.0842. The van der Waals surface area contributed by atoms with Gasteiger partial charge in [0.25, 0.3) is 5.91 Å². The first-order valence-electron chi connectivity index (χ1n) is 11.2. The molecule has 0 aliphatic carbocycles. The number of hydrogen-bond donors (Lipinski definition) is 3. The molecule has 1 heterocycles. The summed E-state index contributed by atoms with van der Waals surface area (Å²) in [4.78, 5) is 14.9. The number of rotatable bonds is 9. The summed E-state index contributed by atoms with van der Waals surface area (Å²) in [5, 5.41) is 18.4. The third kappa shape index (κ3) is 5.65. The normalized spacial score (nSPS) is 14.7. The molecule has 0 fully saturated rings. The van der Waals surface area contributed by atoms with Crippen molar-refractivity contribution in [1.29, 1.82) is 0 Å². The Labute approximate surface area is 189 Å². The van der Waals surface area contributed by atoms with Crippen molar-refractivity contribution in [2.24, 2.45) is 0 Å². The molecule has 1 aliphatic heterocycles. The van der Waals surface area contributed by atoms with Gasteiger partial charge in [-0.15, -0.1) is 0 Å². The molecular formula is C26H31N3O3. The highest BCUT2D eigenvalue weighted by Crippen LogP contribution is 2.22. The van der Waals surface area contributed by atoms with Crippen molar-refractivity contribution < 1.29 is 14.6 Å². The van der Waals surface area contributed by atoms with Gasteiger partial charge >= 0.3 is 0 Å². The SMILES string of the molecule is CNCCOc1ccc2cc(C(=O)NC[C@H](O)CN3CCc4ccccc4C3)ccc2c1. The highest BCUT2D eigenvalue weighted by Gasteiger charge is 2.19. The Morgan fingerprint density at radius 2 is 1.88 bits per heavy atom. The Kier molecular flexibility index (Phi) is 7.37. The fraction of sp³-hybridized carbons (Fsp3) is 0.346. The number of aliphatic hydroxyl groups excluding tert-OH is 1. The minimum Gasteiger partial charge on any atom is -0.492 e. The Balaban J connectivity index is 1.29. The van der Waals surface area contributed by atoms with Crippen molar-refractivity contribution in [3.8, 4) is 5.75 Å². The number of nitrogens with one attached hydrogen (secondary N) is 2. The molecule has 1 aliphatic rings. The van der Waals surface area contributed by atoms with Crippen LogP contribution in [-0.4, -0.2) is 61.9 Å². The van der Waals surface area contributed by atoms with Gasteiger partial charge in [-0.2, -0.15) is 0 Å². The van der Waals surface area contributed by atoms with E-state index in [-0.39, 0.29) is 12.5 Å². The van der Waals surface area contributed by atoms with Crippen molar-refractivity contribution in [1.82, 2.24) is 15.5 Å². The summed E-state index contributed by atoms with van der Waals surface area (Å²) in [6.45, 7) is 3.93. The largest absolute Gasteiger partial charge is 0.492 e. The van der Waals surface area contributed by atoms with Crippen LogP contribution < -0.4 is 15.4 Å². The zero-order valence-electron chi connectivity index (χ0n) is 18.5. The summed E-state index contributed by atoms with van der Waals surface area (Å²) in [5.74, 6) is 0.637. The van der Waals surface area contributed by atoms with Gasteiger partial charge in [0.2, 0.25) is 0 Å². The van der Waals surface area contributed by atoms with Crippen LogP contribution in [0.25, 0.3) is 10.8 Å². The molecule has 1 amide bonds. The molecule has 0 bridgehead atoms. The highest BCUT2D eigenvalue weighted by molar-refractivity contribution is 5.98. The lowest BCUT2D eigenvalue weighted by Crippen LogP contribution is -2.42. The molecule has 6 nitrogen and oxygen atoms in total. The van der Waals surface area contributed by atoms with Gasteiger partial charge in [-0.25, -0.2) is 0 Å². The van der Waals surface area contributed by atoms with E-state index in [1.54, 1.807) is 0 Å². The maximum Gasteiger partial charge on any atom is 0.251 e. The minimum absolute atomic E-state index is 0.177. The van der Waals surface area contributed by atoms with E-state index in [1.807, 2.05) is 43.4 Å². The smallest absolute Gasteiger partial charge is 0.251 e. The van der Waals surface area contributed by atoms with Gasteiger partial charge in [-0.05, 0) is 59.6 Å². The summed E-state index contributed by atoms with van der Waals surface area (Å²) in [6, 6.07) is 19.9. The van der Waals surface area contributed by atoms with Gasteiger partial charge in [-0.1, -0.05) is 36.4 Å². The van der Waals surface area contributed by atoms with Gasteiger partial charge in [0.1, 0.15) is 12.4 Å². The number of amides is 1. The molecule has 1 atom stereocenters. The highest BCUT2D eigenvalue weighted by atomic mass is 16.5. The molecule has 0 unspecified atom stereocenters. The summed E-state index contributed by atoms with van der Waals surface area (Å²) in [6.07, 6.45) is 0.385. The first-order valence-corrected chi connectivity index (χ1v) is 11.2. The molecule has 6 heteroatoms. The Bertz CT molecular complexity index is 1070. The predicted octanol–water partition coefficient (Wildman–Crippen LogP) is 2.59. The fourth-order valence-corrected chi connectivity index (χ4v) is 4.11. The summed E-state index contributed by atoms with van der Waals surface area (Å²) < 4.78 is 5.71. The molecular weight excluding hydrogens is 402 g/mol. The number of carbonyl (C=O) groups excluding carboxylic acids is 1. The Morgan fingerprint density at radius 1 is 1.09 bits per heavy atom. The third-order valence-electron chi connectivity index (χ3n) is 5.87. The fourth-order valence-electron chi connectivity index (χ4n) is 4.11. The molecule has 32 heavy (non-hydrogen) atoms. The first kappa shape index (κ1) is 22.3. The lowest BCUT2D eigenvalue weighted by Gasteiger charge is -2.30. The topological polar surface area (TPSA) is 73.8 Å². The minimum atomic E-state index is -0.609. The number of benzene rings is 3. The molecule has 0 saturated heterocycles. The van der Waals surface area contributed by atoms with Crippen molar-refractivity contribution in [2.75, 3.05) is 39.8 Å². The average Bonchev–Trinajstić information content (AvgIpc) is 2.82. The predicted molar refractivity (Wildman–Crippen MR) is 127 cm³/mol. The van der Waals surface area contributed by atoms with Crippen LogP contribution >= 0.6 is 0 Å². The quantitative estimate of drug-likeness (QED) is 0.453. The van der Waals surface area contributed by atoms with Crippen LogP contribution in [0.1, 0.15) is 21.5 Å². The van der Waals surface area contributed by atoms with Crippen LogP contribution in [0.2, 0.25) is 0 Å². The van der Waals surface area contributed by atoms with Crippen LogP contribution in [0.4, 0.5) is 0 Å². The number of nitrogens with zero attached hydrogens (tertiary/aromatic N) is 1. The zero-order valence-corrected chi connectivity index (χ0v) is 18.5. The Hall–Kier alpha value is -2.93. The van der Waals surface area contributed by atoms with Gasteiger partial charge in [0, 0.05) is 38.3 Å². The standard InChI is InChI=1S/C26H31N3O3/c1-27-11-13-32-25-9-8-20-14-22(7-6-21(20)15-25)26(31)28-16-24(30)18-29-12-10-19-4-2-3-5-23(19)17-29/h2-9,14-15,24,27,30H,10-13,16-18H2,1H3,(H,28,31)/t24-/m0/s1. The second-order valence-corrected chi connectivity index (χ2v) is 8.29. The molecule has 3 N–H and O–H groups in total. The maximum atomic E-state index is 12.6. The van der Waals surface area contributed by atoms with E-state index in [1.165, 1.54) is 11.1 Å². The molecule has 3 aromatic carbocycles. The number of β-amino-alcohol motifs (C(OH)–C–C–N with tert-alkyl or cyclic N) is 1. The second-order valence-electron chi connectivity index (χ2n) is 8.29. The van der Waals surface area contributed by atoms with E-state index in [9.17, 15) is 9.90 Å². The first-order chi connectivity index (χ1) is 15.6. The summed E-state index contributed by atoms with van der Waals surface area (Å²) >= 11 is 0. The van der Waals surface area contributed by atoms with Crippen LogP contribution in [0.3, 0.4) is 0 Å². The van der Waals surface area contributed by atoms with Crippen LogP contribution in [0.5, 0.6) is 5.75 Å². The van der Waals surface area contributed by atoms with E-state index >= 15 is 0 Å². The molecule has 168 valence electrons. The summed E-state index contributed by atoms with van der Waals surface area (Å²) in [7, 11) is 1.89. The van der Waals surface area contributed by atoms with E-state index < -0.39 is 6.10 Å². The van der Waals surface area contributed by atoms with E-state index in [0.29, 0.717) is 18.7 Å². The van der Waals surface area contributed by atoms with Crippen LogP contribution in [0.15, 0.2) is 60.7 Å². The molecule has 0 saturated carbocycles. The molecule has 0 radical (unpaired) electrons. The second kappa shape index (κ2) is 10.6. The van der Waals surface area contributed by atoms with E-state index in [4.69, 9.17) is 4.74 Å². The molecule has 0 aromatic heterocycles. The number of aliphatic hydroxyl groups is 1.